The molecule has 0 unspecified atom stereocenters. The Morgan fingerprint density at radius 3 is 2.50 bits per heavy atom. The summed E-state index contributed by atoms with van der Waals surface area (Å²) < 4.78 is 18.1. The maximum absolute atomic E-state index is 13.1. The maximum atomic E-state index is 13.1. The van der Waals surface area contributed by atoms with Crippen LogP contribution in [0.4, 0.5) is 15.8 Å². The molecule has 28 heavy (non-hydrogen) atoms. The maximum Gasteiger partial charge on any atom is 0.338 e. The summed E-state index contributed by atoms with van der Waals surface area (Å²) in [6.45, 7) is -0.584. The molecule has 0 bridgehead atoms. The number of carbonyl (C=O) groups excluding carboxylic acids is 4. The van der Waals surface area contributed by atoms with E-state index in [0.717, 1.165) is 11.0 Å². The largest absolute Gasteiger partial charge is 0.452 e. The minimum Gasteiger partial charge on any atom is -0.452 e. The van der Waals surface area contributed by atoms with Crippen LogP contribution in [0.5, 0.6) is 0 Å². The molecule has 0 atom stereocenters. The highest BCUT2D eigenvalue weighted by Gasteiger charge is 2.30. The van der Waals surface area contributed by atoms with Crippen LogP contribution in [0.2, 0.25) is 5.02 Å². The molecule has 0 radical (unpaired) electrons. The zero-order valence-electron chi connectivity index (χ0n) is 14.4. The number of benzene rings is 2. The molecule has 1 aliphatic rings. The van der Waals surface area contributed by atoms with Gasteiger partial charge in [0.25, 0.3) is 5.91 Å². The lowest BCUT2D eigenvalue weighted by Gasteiger charge is -2.14. The van der Waals surface area contributed by atoms with E-state index in [2.05, 4.69) is 5.32 Å². The van der Waals surface area contributed by atoms with Gasteiger partial charge in [0.1, 0.15) is 5.82 Å². The zero-order chi connectivity index (χ0) is 20.3. The van der Waals surface area contributed by atoms with E-state index in [0.29, 0.717) is 0 Å². The van der Waals surface area contributed by atoms with E-state index >= 15 is 0 Å². The molecular formula is C19H14ClFN2O5. The van der Waals surface area contributed by atoms with Crippen molar-refractivity contribution in [3.05, 3.63) is 58.9 Å². The Morgan fingerprint density at radius 1 is 1.11 bits per heavy atom. The molecule has 144 valence electrons. The van der Waals surface area contributed by atoms with Crippen molar-refractivity contribution in [2.24, 2.45) is 0 Å². The summed E-state index contributed by atoms with van der Waals surface area (Å²) in [5.41, 5.74) is 0.607. The van der Waals surface area contributed by atoms with Crippen LogP contribution < -0.4 is 10.2 Å². The third-order valence-corrected chi connectivity index (χ3v) is 4.22. The highest BCUT2D eigenvalue weighted by Crippen LogP contribution is 2.24. The molecule has 1 heterocycles. The monoisotopic (exact) mass is 404 g/mol. The van der Waals surface area contributed by atoms with Gasteiger partial charge < -0.3 is 10.1 Å². The summed E-state index contributed by atoms with van der Waals surface area (Å²) in [6.07, 6.45) is 0.252. The lowest BCUT2D eigenvalue weighted by molar-refractivity contribution is -0.121. The molecule has 7 nitrogen and oxygen atoms in total. The second-order valence-corrected chi connectivity index (χ2v) is 6.33. The van der Waals surface area contributed by atoms with Crippen molar-refractivity contribution in [3.8, 4) is 0 Å². The molecule has 1 fully saturated rings. The molecule has 1 aliphatic heterocycles. The van der Waals surface area contributed by atoms with Gasteiger partial charge in [-0.2, -0.15) is 0 Å². The second-order valence-electron chi connectivity index (χ2n) is 5.93. The lowest BCUT2D eigenvalue weighted by atomic mass is 10.2. The van der Waals surface area contributed by atoms with Crippen molar-refractivity contribution in [1.82, 2.24) is 0 Å². The summed E-state index contributed by atoms with van der Waals surface area (Å²) in [7, 11) is 0. The fourth-order valence-corrected chi connectivity index (χ4v) is 2.80. The van der Waals surface area contributed by atoms with Crippen molar-refractivity contribution in [3.63, 3.8) is 0 Å². The first-order valence-electron chi connectivity index (χ1n) is 8.23. The van der Waals surface area contributed by atoms with Crippen LogP contribution in [0.3, 0.4) is 0 Å². The van der Waals surface area contributed by atoms with Crippen LogP contribution >= 0.6 is 11.6 Å². The third-order valence-electron chi connectivity index (χ3n) is 3.93. The number of rotatable bonds is 5. The van der Waals surface area contributed by atoms with Gasteiger partial charge in [0, 0.05) is 18.5 Å². The van der Waals surface area contributed by atoms with Crippen molar-refractivity contribution in [2.45, 2.75) is 12.8 Å². The van der Waals surface area contributed by atoms with Crippen LogP contribution in [0.15, 0.2) is 42.5 Å². The predicted molar refractivity (Wildman–Crippen MR) is 98.5 cm³/mol. The topological polar surface area (TPSA) is 92.8 Å². The Balaban J connectivity index is 1.61. The van der Waals surface area contributed by atoms with E-state index in [-0.39, 0.29) is 46.6 Å². The van der Waals surface area contributed by atoms with Crippen LogP contribution in [0.1, 0.15) is 23.2 Å². The minimum absolute atomic E-state index is 0.0858. The molecule has 0 aromatic heterocycles. The summed E-state index contributed by atoms with van der Waals surface area (Å²) in [5, 5.41) is 2.26. The fourth-order valence-electron chi connectivity index (χ4n) is 2.62. The highest BCUT2D eigenvalue weighted by molar-refractivity contribution is 6.31. The third kappa shape index (κ3) is 4.34. The molecule has 2 aromatic carbocycles. The quantitative estimate of drug-likeness (QED) is 0.611. The summed E-state index contributed by atoms with van der Waals surface area (Å²) in [6, 6.07) is 9.46. The number of hydrogen-bond acceptors (Lipinski definition) is 5. The molecule has 3 rings (SSSR count). The van der Waals surface area contributed by atoms with Crippen molar-refractivity contribution < 1.29 is 28.3 Å². The van der Waals surface area contributed by atoms with Crippen LogP contribution in [-0.2, 0) is 19.1 Å². The summed E-state index contributed by atoms with van der Waals surface area (Å²) >= 11 is 5.63. The van der Waals surface area contributed by atoms with Gasteiger partial charge in [-0.05, 0) is 36.4 Å². The smallest absolute Gasteiger partial charge is 0.338 e. The van der Waals surface area contributed by atoms with Gasteiger partial charge in [-0.3, -0.25) is 19.3 Å². The number of imide groups is 1. The number of esters is 1. The van der Waals surface area contributed by atoms with Gasteiger partial charge in [0.05, 0.1) is 16.3 Å². The van der Waals surface area contributed by atoms with Gasteiger partial charge in [0.15, 0.2) is 6.61 Å². The van der Waals surface area contributed by atoms with Crippen molar-refractivity contribution >= 4 is 46.7 Å². The Morgan fingerprint density at radius 2 is 1.82 bits per heavy atom. The first-order valence-corrected chi connectivity index (χ1v) is 8.61. The predicted octanol–water partition coefficient (Wildman–Crippen LogP) is 2.93. The molecule has 1 saturated heterocycles. The number of halogens is 2. The van der Waals surface area contributed by atoms with E-state index in [1.807, 2.05) is 0 Å². The molecule has 3 amide bonds. The number of ether oxygens (including phenoxy) is 1. The normalized spacial score (nSPS) is 13.6. The molecule has 1 N–H and O–H groups in total. The Labute approximate surface area is 164 Å². The molecule has 0 spiro atoms. The van der Waals surface area contributed by atoms with Crippen LogP contribution in [0, 0.1) is 5.82 Å². The standard InChI is InChI=1S/C19H14ClFN2O5/c20-14-9-12(4-5-15(14)21)22-16(24)10-28-19(27)11-2-1-3-13(8-11)23-17(25)6-7-18(23)26/h1-5,8-9H,6-7,10H2,(H,22,24). The number of hydrogen-bond donors (Lipinski definition) is 1. The highest BCUT2D eigenvalue weighted by atomic mass is 35.5. The van der Waals surface area contributed by atoms with Gasteiger partial charge in [-0.25, -0.2) is 9.18 Å². The lowest BCUT2D eigenvalue weighted by Crippen LogP contribution is -2.28. The molecule has 0 aliphatic carbocycles. The molecule has 2 aromatic rings. The van der Waals surface area contributed by atoms with Gasteiger partial charge in [-0.15, -0.1) is 0 Å². The van der Waals surface area contributed by atoms with E-state index in [1.165, 1.54) is 36.4 Å². The Bertz CT molecular complexity index is 963. The second kappa shape index (κ2) is 8.18. The van der Waals surface area contributed by atoms with E-state index in [9.17, 15) is 23.6 Å². The SMILES string of the molecule is O=C(COC(=O)c1cccc(N2C(=O)CCC2=O)c1)Nc1ccc(F)c(Cl)c1. The van der Waals surface area contributed by atoms with Gasteiger partial charge in [0.2, 0.25) is 11.8 Å². The average Bonchev–Trinajstić information content (AvgIpc) is 3.01. The zero-order valence-corrected chi connectivity index (χ0v) is 15.2. The molecular weight excluding hydrogens is 391 g/mol. The van der Waals surface area contributed by atoms with E-state index in [4.69, 9.17) is 16.3 Å². The number of carbonyl (C=O) groups is 4. The van der Waals surface area contributed by atoms with E-state index in [1.54, 1.807) is 0 Å². The van der Waals surface area contributed by atoms with Crippen molar-refractivity contribution in [1.29, 1.82) is 0 Å². The van der Waals surface area contributed by atoms with Gasteiger partial charge >= 0.3 is 5.97 Å². The Kier molecular flexibility index (Phi) is 5.70. The number of amides is 3. The fraction of sp³-hybridized carbons (Fsp3) is 0.158. The average molecular weight is 405 g/mol. The van der Waals surface area contributed by atoms with Crippen LogP contribution in [-0.4, -0.2) is 30.3 Å². The van der Waals surface area contributed by atoms with Crippen molar-refractivity contribution in [2.75, 3.05) is 16.8 Å². The number of anilines is 2. The summed E-state index contributed by atoms with van der Waals surface area (Å²) in [5.74, 6) is -2.74. The van der Waals surface area contributed by atoms with E-state index < -0.39 is 24.3 Å². The summed E-state index contributed by atoms with van der Waals surface area (Å²) in [4.78, 5) is 48.7. The van der Waals surface area contributed by atoms with Gasteiger partial charge in [-0.1, -0.05) is 17.7 Å². The molecule has 9 heteroatoms. The van der Waals surface area contributed by atoms with Crippen LogP contribution in [0.25, 0.3) is 0 Å². The first-order chi connectivity index (χ1) is 13.3. The number of nitrogens with zero attached hydrogens (tertiary/aromatic N) is 1. The Hall–Kier alpha value is -3.26. The number of nitrogens with one attached hydrogen (secondary N) is 1. The first kappa shape index (κ1) is 19.5. The molecule has 0 saturated carbocycles. The minimum atomic E-state index is -0.798.